The van der Waals surface area contributed by atoms with Crippen molar-refractivity contribution in [2.45, 2.75) is 44.7 Å². The zero-order chi connectivity index (χ0) is 20.6. The molecule has 1 aliphatic rings. The first-order valence-electron chi connectivity index (χ1n) is 9.97. The van der Waals surface area contributed by atoms with Gasteiger partial charge in [0.25, 0.3) is 5.91 Å². The Morgan fingerprint density at radius 3 is 2.21 bits per heavy atom. The first-order chi connectivity index (χ1) is 14.0. The van der Waals surface area contributed by atoms with Crippen LogP contribution in [0, 0.1) is 5.92 Å². The van der Waals surface area contributed by atoms with Gasteiger partial charge in [0.05, 0.1) is 0 Å². The van der Waals surface area contributed by atoms with Gasteiger partial charge in [-0.3, -0.25) is 9.59 Å². The highest BCUT2D eigenvalue weighted by atomic mass is 16.4. The van der Waals surface area contributed by atoms with Crippen molar-refractivity contribution in [2.75, 3.05) is 0 Å². The lowest BCUT2D eigenvalue weighted by atomic mass is 10.0. The molecule has 2 aromatic carbocycles. The highest BCUT2D eigenvalue weighted by Gasteiger charge is 2.23. The maximum Gasteiger partial charge on any atom is 0.326 e. The zero-order valence-electron chi connectivity index (χ0n) is 16.3. The number of hydrogen-bond acceptors (Lipinski definition) is 3. The molecule has 1 aliphatic carbocycles. The molecule has 0 aliphatic heterocycles. The first kappa shape index (κ1) is 20.6. The fraction of sp³-hybridized carbons (Fsp3) is 0.348. The van der Waals surface area contributed by atoms with Gasteiger partial charge in [-0.05, 0) is 36.1 Å². The summed E-state index contributed by atoms with van der Waals surface area (Å²) in [5.74, 6) is -1.30. The lowest BCUT2D eigenvalue weighted by Crippen LogP contribution is -2.42. The van der Waals surface area contributed by atoms with E-state index in [0.29, 0.717) is 12.1 Å². The van der Waals surface area contributed by atoms with Crippen molar-refractivity contribution in [3.8, 4) is 0 Å². The van der Waals surface area contributed by atoms with E-state index in [1.54, 1.807) is 24.3 Å². The Hall–Kier alpha value is -3.15. The molecule has 1 atom stereocenters. The van der Waals surface area contributed by atoms with Crippen molar-refractivity contribution in [3.63, 3.8) is 0 Å². The number of carboxylic acids is 1. The van der Waals surface area contributed by atoms with Crippen molar-refractivity contribution in [1.29, 1.82) is 0 Å². The van der Waals surface area contributed by atoms with Crippen LogP contribution in [0.4, 0.5) is 0 Å². The van der Waals surface area contributed by atoms with Crippen LogP contribution in [-0.4, -0.2) is 28.9 Å². The second-order valence-electron chi connectivity index (χ2n) is 7.45. The third kappa shape index (κ3) is 5.91. The fourth-order valence-electron chi connectivity index (χ4n) is 3.59. The third-order valence-corrected chi connectivity index (χ3v) is 5.29. The van der Waals surface area contributed by atoms with Crippen LogP contribution in [0.5, 0.6) is 0 Å². The third-order valence-electron chi connectivity index (χ3n) is 5.29. The van der Waals surface area contributed by atoms with Gasteiger partial charge in [-0.1, -0.05) is 55.3 Å². The average Bonchev–Trinajstić information content (AvgIpc) is 3.27. The lowest BCUT2D eigenvalue weighted by Gasteiger charge is -2.15. The molecule has 0 saturated heterocycles. The maximum atomic E-state index is 12.5. The smallest absolute Gasteiger partial charge is 0.326 e. The zero-order valence-corrected chi connectivity index (χ0v) is 16.3. The van der Waals surface area contributed by atoms with Crippen LogP contribution < -0.4 is 10.6 Å². The maximum absolute atomic E-state index is 12.5. The summed E-state index contributed by atoms with van der Waals surface area (Å²) in [6.45, 7) is 0.420. The number of carbonyl (C=O) groups is 3. The molecule has 152 valence electrons. The Balaban J connectivity index is 1.54. The number of amides is 2. The standard InChI is InChI=1S/C23H26N2O4/c26-21(18-8-4-5-9-18)24-15-17-10-12-19(13-11-17)22(27)25-20(23(28)29)14-16-6-2-1-3-7-16/h1-3,6-7,10-13,18,20H,4-5,8-9,14-15H2,(H,24,26)(H,25,27)(H,28,29). The first-order valence-corrected chi connectivity index (χ1v) is 9.97. The van der Waals surface area contributed by atoms with Gasteiger partial charge >= 0.3 is 5.97 Å². The minimum atomic E-state index is -1.08. The van der Waals surface area contributed by atoms with Gasteiger partial charge in [-0.15, -0.1) is 0 Å². The summed E-state index contributed by atoms with van der Waals surface area (Å²) < 4.78 is 0. The van der Waals surface area contributed by atoms with Crippen molar-refractivity contribution in [2.24, 2.45) is 5.92 Å². The van der Waals surface area contributed by atoms with Gasteiger partial charge in [0, 0.05) is 24.4 Å². The molecule has 29 heavy (non-hydrogen) atoms. The summed E-state index contributed by atoms with van der Waals surface area (Å²) in [5, 5.41) is 15.0. The van der Waals surface area contributed by atoms with E-state index < -0.39 is 17.9 Å². The summed E-state index contributed by atoms with van der Waals surface area (Å²) >= 11 is 0. The van der Waals surface area contributed by atoms with E-state index in [9.17, 15) is 19.5 Å². The minimum absolute atomic E-state index is 0.0922. The van der Waals surface area contributed by atoms with Gasteiger partial charge in [-0.25, -0.2) is 4.79 Å². The SMILES string of the molecule is O=C(NC(Cc1ccccc1)C(=O)O)c1ccc(CNC(=O)C2CCCC2)cc1. The number of aliphatic carboxylic acids is 1. The molecule has 0 aromatic heterocycles. The number of carbonyl (C=O) groups excluding carboxylic acids is 2. The predicted molar refractivity (Wildman–Crippen MR) is 109 cm³/mol. The van der Waals surface area contributed by atoms with Crippen LogP contribution >= 0.6 is 0 Å². The molecule has 1 saturated carbocycles. The van der Waals surface area contributed by atoms with E-state index in [4.69, 9.17) is 0 Å². The summed E-state index contributed by atoms with van der Waals surface area (Å²) in [6, 6.07) is 15.0. The van der Waals surface area contributed by atoms with E-state index >= 15 is 0 Å². The lowest BCUT2D eigenvalue weighted by molar-refractivity contribution is -0.139. The van der Waals surface area contributed by atoms with Crippen LogP contribution in [0.15, 0.2) is 54.6 Å². The molecule has 0 radical (unpaired) electrons. The molecule has 2 amide bonds. The van der Waals surface area contributed by atoms with Crippen LogP contribution in [0.25, 0.3) is 0 Å². The van der Waals surface area contributed by atoms with Gasteiger partial charge < -0.3 is 15.7 Å². The normalized spacial score (nSPS) is 14.9. The molecule has 6 nitrogen and oxygen atoms in total. The number of benzene rings is 2. The predicted octanol–water partition coefficient (Wildman–Crippen LogP) is 2.92. The topological polar surface area (TPSA) is 95.5 Å². The molecule has 1 unspecified atom stereocenters. The van der Waals surface area contributed by atoms with E-state index in [0.717, 1.165) is 36.8 Å². The molecule has 2 aromatic rings. The Bertz CT molecular complexity index is 843. The van der Waals surface area contributed by atoms with Crippen molar-refractivity contribution < 1.29 is 19.5 Å². The summed E-state index contributed by atoms with van der Waals surface area (Å²) in [4.78, 5) is 36.1. The quantitative estimate of drug-likeness (QED) is 0.641. The van der Waals surface area contributed by atoms with Crippen LogP contribution in [0.3, 0.4) is 0 Å². The van der Waals surface area contributed by atoms with Gasteiger partial charge in [0.15, 0.2) is 0 Å². The second-order valence-corrected chi connectivity index (χ2v) is 7.45. The monoisotopic (exact) mass is 394 g/mol. The molecule has 3 rings (SSSR count). The van der Waals surface area contributed by atoms with Gasteiger partial charge in [-0.2, -0.15) is 0 Å². The fourth-order valence-corrected chi connectivity index (χ4v) is 3.59. The van der Waals surface area contributed by atoms with Crippen LogP contribution in [0.1, 0.15) is 47.2 Å². The Labute approximate surface area is 170 Å². The number of nitrogens with one attached hydrogen (secondary N) is 2. The molecular formula is C23H26N2O4. The van der Waals surface area contributed by atoms with Crippen molar-refractivity contribution in [1.82, 2.24) is 10.6 Å². The Morgan fingerprint density at radius 2 is 1.59 bits per heavy atom. The van der Waals surface area contributed by atoms with Crippen molar-refractivity contribution in [3.05, 3.63) is 71.3 Å². The average molecular weight is 394 g/mol. The molecule has 6 heteroatoms. The molecule has 0 bridgehead atoms. The molecule has 0 spiro atoms. The minimum Gasteiger partial charge on any atom is -0.480 e. The number of rotatable bonds is 8. The number of hydrogen-bond donors (Lipinski definition) is 3. The highest BCUT2D eigenvalue weighted by molar-refractivity contribution is 5.96. The van der Waals surface area contributed by atoms with E-state index in [1.807, 2.05) is 30.3 Å². The Kier molecular flexibility index (Phi) is 7.00. The number of carboxylic acid groups (broad SMARTS) is 1. The summed E-state index contributed by atoms with van der Waals surface area (Å²) in [5.41, 5.74) is 2.12. The summed E-state index contributed by atoms with van der Waals surface area (Å²) in [7, 11) is 0. The van der Waals surface area contributed by atoms with E-state index in [-0.39, 0.29) is 18.2 Å². The van der Waals surface area contributed by atoms with E-state index in [2.05, 4.69) is 10.6 Å². The van der Waals surface area contributed by atoms with Gasteiger partial charge in [0.1, 0.15) is 6.04 Å². The molecular weight excluding hydrogens is 368 g/mol. The second kappa shape index (κ2) is 9.87. The molecule has 3 N–H and O–H groups in total. The molecule has 0 heterocycles. The van der Waals surface area contributed by atoms with Gasteiger partial charge in [0.2, 0.25) is 5.91 Å². The Morgan fingerprint density at radius 1 is 0.931 bits per heavy atom. The van der Waals surface area contributed by atoms with E-state index in [1.165, 1.54) is 0 Å². The van der Waals surface area contributed by atoms with Crippen molar-refractivity contribution >= 4 is 17.8 Å². The largest absolute Gasteiger partial charge is 0.480 e. The van der Waals surface area contributed by atoms with Crippen LogP contribution in [0.2, 0.25) is 0 Å². The molecule has 1 fully saturated rings. The summed E-state index contributed by atoms with van der Waals surface area (Å²) in [6.07, 6.45) is 4.36. The van der Waals surface area contributed by atoms with Crippen LogP contribution in [-0.2, 0) is 22.6 Å². The highest BCUT2D eigenvalue weighted by Crippen LogP contribution is 2.24.